The minimum absolute atomic E-state index is 0.0928. The predicted octanol–water partition coefficient (Wildman–Crippen LogP) is 5.85. The monoisotopic (exact) mass is 530 g/mol. The van der Waals surface area contributed by atoms with Crippen LogP contribution in [0.5, 0.6) is 0 Å². The highest BCUT2D eigenvalue weighted by atomic mass is 79.9. The third kappa shape index (κ3) is 5.24. The van der Waals surface area contributed by atoms with Gasteiger partial charge in [0.2, 0.25) is 0 Å². The average molecular weight is 532 g/mol. The number of anilines is 2. The molecule has 1 aromatic heterocycles. The summed E-state index contributed by atoms with van der Waals surface area (Å²) in [5.74, 6) is 1.43. The molecule has 1 N–H and O–H groups in total. The van der Waals surface area contributed by atoms with Crippen molar-refractivity contribution in [3.63, 3.8) is 0 Å². The van der Waals surface area contributed by atoms with Gasteiger partial charge in [-0.3, -0.25) is 9.59 Å². The second kappa shape index (κ2) is 10.6. The van der Waals surface area contributed by atoms with Gasteiger partial charge in [0.15, 0.2) is 5.78 Å². The zero-order valence-corrected chi connectivity index (χ0v) is 23.1. The van der Waals surface area contributed by atoms with Crippen molar-refractivity contribution >= 4 is 33.1 Å². The normalized spacial score (nSPS) is 24.0. The van der Waals surface area contributed by atoms with E-state index in [2.05, 4.69) is 79.7 Å². The fourth-order valence-corrected chi connectivity index (χ4v) is 5.54. The molecule has 1 aromatic carbocycles. The number of nitrogens with zero attached hydrogens (tertiary/aromatic N) is 3. The molecular formula is C27H39BrN4O2. The van der Waals surface area contributed by atoms with E-state index in [0.29, 0.717) is 33.5 Å². The van der Waals surface area contributed by atoms with Crippen LogP contribution in [-0.4, -0.2) is 34.7 Å². The van der Waals surface area contributed by atoms with Crippen LogP contribution in [0.25, 0.3) is 0 Å². The summed E-state index contributed by atoms with van der Waals surface area (Å²) in [5, 5.41) is 7.88. The van der Waals surface area contributed by atoms with Gasteiger partial charge in [-0.25, -0.2) is 4.68 Å². The summed E-state index contributed by atoms with van der Waals surface area (Å²) in [6, 6.07) is 7.81. The van der Waals surface area contributed by atoms with Gasteiger partial charge < -0.3 is 10.2 Å². The molecule has 0 aliphatic heterocycles. The first kappa shape index (κ1) is 26.5. The van der Waals surface area contributed by atoms with Crippen molar-refractivity contribution in [1.82, 2.24) is 9.78 Å². The molecule has 34 heavy (non-hydrogen) atoms. The van der Waals surface area contributed by atoms with Crippen LogP contribution in [0.2, 0.25) is 0 Å². The van der Waals surface area contributed by atoms with E-state index >= 15 is 0 Å². The van der Waals surface area contributed by atoms with Gasteiger partial charge in [-0.15, -0.1) is 0 Å². The summed E-state index contributed by atoms with van der Waals surface area (Å²) < 4.78 is 1.65. The number of aromatic nitrogens is 2. The second-order valence-corrected chi connectivity index (χ2v) is 11.1. The number of halogens is 1. The molecule has 1 aliphatic carbocycles. The SMILES string of the molecule is CCN(CC)c1ccc(C(=O)Cn2ncc(N[C@@H]3C[C@H](C)C(C)(C)[C@H](C)[C@H]3C)c(Br)c2=O)cc1. The van der Waals surface area contributed by atoms with Gasteiger partial charge in [0.25, 0.3) is 5.56 Å². The largest absolute Gasteiger partial charge is 0.380 e. The summed E-state index contributed by atoms with van der Waals surface area (Å²) in [4.78, 5) is 28.0. The molecule has 4 atom stereocenters. The molecule has 186 valence electrons. The van der Waals surface area contributed by atoms with Crippen LogP contribution < -0.4 is 15.8 Å². The number of nitrogens with one attached hydrogen (secondary N) is 1. The van der Waals surface area contributed by atoms with Crippen molar-refractivity contribution in [3.05, 3.63) is 50.9 Å². The maximum absolute atomic E-state index is 13.0. The van der Waals surface area contributed by atoms with Crippen molar-refractivity contribution in [1.29, 1.82) is 0 Å². The van der Waals surface area contributed by atoms with E-state index in [9.17, 15) is 9.59 Å². The van der Waals surface area contributed by atoms with E-state index in [1.54, 1.807) is 6.20 Å². The van der Waals surface area contributed by atoms with Crippen molar-refractivity contribution in [2.75, 3.05) is 23.3 Å². The van der Waals surface area contributed by atoms with Crippen LogP contribution in [0.3, 0.4) is 0 Å². The number of carbonyl (C=O) groups excluding carboxylic acids is 1. The van der Waals surface area contributed by atoms with Gasteiger partial charge in [0.1, 0.15) is 11.0 Å². The topological polar surface area (TPSA) is 67.2 Å². The van der Waals surface area contributed by atoms with E-state index in [4.69, 9.17) is 0 Å². The molecular weight excluding hydrogens is 492 g/mol. The summed E-state index contributed by atoms with van der Waals surface area (Å²) in [5.41, 5.74) is 2.32. The lowest BCUT2D eigenvalue weighted by Crippen LogP contribution is -2.48. The lowest BCUT2D eigenvalue weighted by molar-refractivity contribution is 0.0316. The third-order valence-corrected chi connectivity index (χ3v) is 9.18. The summed E-state index contributed by atoms with van der Waals surface area (Å²) in [7, 11) is 0. The Morgan fingerprint density at radius 1 is 1.18 bits per heavy atom. The molecule has 1 fully saturated rings. The first-order valence-corrected chi connectivity index (χ1v) is 13.2. The van der Waals surface area contributed by atoms with Crippen LogP contribution in [-0.2, 0) is 6.54 Å². The zero-order chi connectivity index (χ0) is 25.2. The Balaban J connectivity index is 1.73. The van der Waals surface area contributed by atoms with Crippen molar-refractivity contribution in [2.45, 2.75) is 67.5 Å². The number of rotatable bonds is 8. The maximum atomic E-state index is 13.0. The van der Waals surface area contributed by atoms with E-state index in [1.807, 2.05) is 24.3 Å². The molecule has 0 radical (unpaired) electrons. The zero-order valence-electron chi connectivity index (χ0n) is 21.6. The highest BCUT2D eigenvalue weighted by molar-refractivity contribution is 9.10. The third-order valence-electron chi connectivity index (χ3n) is 8.41. The van der Waals surface area contributed by atoms with Crippen molar-refractivity contribution < 1.29 is 4.79 Å². The number of ketones is 1. The van der Waals surface area contributed by atoms with E-state index < -0.39 is 0 Å². The summed E-state index contributed by atoms with van der Waals surface area (Å²) >= 11 is 3.47. The molecule has 2 aromatic rings. The molecule has 1 saturated carbocycles. The van der Waals surface area contributed by atoms with E-state index in [1.165, 1.54) is 4.68 Å². The van der Waals surface area contributed by atoms with Gasteiger partial charge in [0, 0.05) is 30.4 Å². The molecule has 1 aliphatic rings. The minimum Gasteiger partial charge on any atom is -0.380 e. The quantitative estimate of drug-likeness (QED) is 0.433. The molecule has 0 saturated heterocycles. The first-order valence-electron chi connectivity index (χ1n) is 12.4. The van der Waals surface area contributed by atoms with Gasteiger partial charge in [-0.05, 0) is 83.6 Å². The summed E-state index contributed by atoms with van der Waals surface area (Å²) in [6.45, 7) is 17.5. The number of hydrogen-bond acceptors (Lipinski definition) is 5. The fourth-order valence-electron chi connectivity index (χ4n) is 5.12. The van der Waals surface area contributed by atoms with Crippen LogP contribution in [0.4, 0.5) is 11.4 Å². The number of Topliss-reactive ketones (excluding diaryl/α,β-unsaturated/α-hetero) is 1. The Hall–Kier alpha value is -2.15. The molecule has 7 heteroatoms. The van der Waals surface area contributed by atoms with Crippen LogP contribution >= 0.6 is 15.9 Å². The Morgan fingerprint density at radius 3 is 2.38 bits per heavy atom. The highest BCUT2D eigenvalue weighted by Gasteiger charge is 2.43. The average Bonchev–Trinajstić information content (AvgIpc) is 2.82. The Morgan fingerprint density at radius 2 is 1.79 bits per heavy atom. The van der Waals surface area contributed by atoms with Crippen LogP contribution in [0.15, 0.2) is 39.7 Å². The summed E-state index contributed by atoms with van der Waals surface area (Å²) in [6.07, 6.45) is 2.69. The second-order valence-electron chi connectivity index (χ2n) is 10.3. The van der Waals surface area contributed by atoms with Gasteiger partial charge in [-0.1, -0.05) is 34.6 Å². The lowest BCUT2D eigenvalue weighted by Gasteiger charge is -2.50. The molecule has 3 rings (SSSR count). The Labute approximate surface area is 212 Å². The van der Waals surface area contributed by atoms with E-state index in [0.717, 1.165) is 25.2 Å². The standard InChI is InChI=1S/C27H39BrN4O2/c1-8-31(9-2)21-12-10-20(11-13-21)24(33)16-32-26(34)25(28)23(15-29-32)30-22-14-17(3)27(6,7)19(5)18(22)4/h10-13,15,17-19,22,30H,8-9,14,16H2,1-7H3/t17-,18+,19+,22+/m0/s1. The molecule has 0 unspecified atom stereocenters. The van der Waals surface area contributed by atoms with Crippen LogP contribution in [0.1, 0.15) is 65.2 Å². The van der Waals surface area contributed by atoms with Crippen molar-refractivity contribution in [2.24, 2.45) is 23.2 Å². The Kier molecular flexibility index (Phi) is 8.27. The van der Waals surface area contributed by atoms with Crippen molar-refractivity contribution in [3.8, 4) is 0 Å². The van der Waals surface area contributed by atoms with Gasteiger partial charge in [-0.2, -0.15) is 5.10 Å². The first-order chi connectivity index (χ1) is 16.0. The van der Waals surface area contributed by atoms with Gasteiger partial charge >= 0.3 is 0 Å². The molecule has 1 heterocycles. The fraction of sp³-hybridized carbons (Fsp3) is 0.593. The lowest BCUT2D eigenvalue weighted by atomic mass is 9.58. The van der Waals surface area contributed by atoms with E-state index in [-0.39, 0.29) is 29.3 Å². The molecule has 0 bridgehead atoms. The number of carbonyl (C=O) groups is 1. The molecule has 6 nitrogen and oxygen atoms in total. The molecule has 0 amide bonds. The molecule has 0 spiro atoms. The van der Waals surface area contributed by atoms with Gasteiger partial charge in [0.05, 0.1) is 11.9 Å². The number of hydrogen-bond donors (Lipinski definition) is 1. The highest BCUT2D eigenvalue weighted by Crippen LogP contribution is 2.48. The minimum atomic E-state index is -0.303. The smallest absolute Gasteiger partial charge is 0.283 e. The number of benzene rings is 1. The van der Waals surface area contributed by atoms with Crippen LogP contribution in [0, 0.1) is 23.2 Å². The maximum Gasteiger partial charge on any atom is 0.283 e. The Bertz CT molecular complexity index is 1060. The predicted molar refractivity (Wildman–Crippen MR) is 144 cm³/mol.